The van der Waals surface area contributed by atoms with E-state index in [4.69, 9.17) is 14.2 Å². The van der Waals surface area contributed by atoms with Crippen LogP contribution < -0.4 is 0 Å². The summed E-state index contributed by atoms with van der Waals surface area (Å²) in [5.41, 5.74) is 0. The van der Waals surface area contributed by atoms with Crippen LogP contribution in [0.4, 0.5) is 0 Å². The predicted molar refractivity (Wildman–Crippen MR) is 353 cm³/mol. The molecule has 0 saturated heterocycles. The number of unbranched alkanes of at least 4 members (excludes halogenated alkanes) is 51. The first-order valence-electron chi connectivity index (χ1n) is 36.5. The van der Waals surface area contributed by atoms with Gasteiger partial charge in [-0.15, -0.1) is 0 Å². The molecular weight excluding hydrogens is 997 g/mol. The second-order valence-corrected chi connectivity index (χ2v) is 24.8. The summed E-state index contributed by atoms with van der Waals surface area (Å²) in [4.78, 5) is 38.3. The van der Waals surface area contributed by atoms with Gasteiger partial charge in [0.25, 0.3) is 0 Å². The standard InChI is InChI=1S/C75H140O6/c1-4-7-10-13-16-19-22-25-27-28-29-30-31-32-33-34-35-36-37-38-39-40-41-42-43-44-45-46-48-50-53-56-59-62-65-68-74(77)80-71-72(70-79-73(76)67-64-61-58-55-52-49-24-21-18-15-12-9-6-3)81-75(78)69-66-63-60-57-54-51-47-26-23-20-17-14-11-8-5-2/h8,11,17,20,26,47,72H,4-7,9-10,12-16,18-19,21-25,27-46,48-71H2,1-3H3/b11-8-,20-17-,47-26-. The maximum atomic E-state index is 12.9. The Morgan fingerprint density at radius 3 is 0.753 bits per heavy atom. The minimum atomic E-state index is -0.778. The van der Waals surface area contributed by atoms with E-state index >= 15 is 0 Å². The molecule has 1 atom stereocenters. The number of allylic oxidation sites excluding steroid dienone is 6. The number of hydrogen-bond donors (Lipinski definition) is 0. The van der Waals surface area contributed by atoms with Gasteiger partial charge >= 0.3 is 17.9 Å². The topological polar surface area (TPSA) is 78.9 Å². The maximum absolute atomic E-state index is 12.9. The van der Waals surface area contributed by atoms with E-state index in [-0.39, 0.29) is 31.1 Å². The summed E-state index contributed by atoms with van der Waals surface area (Å²) in [6.45, 7) is 6.58. The Hall–Kier alpha value is -2.37. The Kier molecular flexibility index (Phi) is 68.1. The fraction of sp³-hybridized carbons (Fsp3) is 0.880. The average molecular weight is 1140 g/mol. The molecule has 0 aromatic carbocycles. The van der Waals surface area contributed by atoms with Crippen LogP contribution in [-0.2, 0) is 28.6 Å². The van der Waals surface area contributed by atoms with Gasteiger partial charge in [0.15, 0.2) is 6.10 Å². The number of hydrogen-bond acceptors (Lipinski definition) is 6. The fourth-order valence-corrected chi connectivity index (χ4v) is 11.2. The summed E-state index contributed by atoms with van der Waals surface area (Å²) in [6.07, 6.45) is 87.8. The van der Waals surface area contributed by atoms with E-state index in [1.165, 1.54) is 270 Å². The zero-order valence-corrected chi connectivity index (χ0v) is 54.8. The van der Waals surface area contributed by atoms with Crippen molar-refractivity contribution in [2.24, 2.45) is 0 Å². The molecule has 0 heterocycles. The second-order valence-electron chi connectivity index (χ2n) is 24.8. The number of esters is 3. The van der Waals surface area contributed by atoms with Crippen molar-refractivity contribution >= 4 is 17.9 Å². The van der Waals surface area contributed by atoms with Crippen molar-refractivity contribution in [3.05, 3.63) is 36.5 Å². The van der Waals surface area contributed by atoms with Crippen LogP contribution in [0.3, 0.4) is 0 Å². The van der Waals surface area contributed by atoms with E-state index < -0.39 is 6.10 Å². The van der Waals surface area contributed by atoms with E-state index in [1.807, 2.05) is 0 Å². The van der Waals surface area contributed by atoms with Gasteiger partial charge in [-0.3, -0.25) is 14.4 Å². The molecular formula is C75H140O6. The van der Waals surface area contributed by atoms with Gasteiger partial charge in [0, 0.05) is 19.3 Å². The van der Waals surface area contributed by atoms with Crippen molar-refractivity contribution in [1.29, 1.82) is 0 Å². The van der Waals surface area contributed by atoms with Crippen molar-refractivity contribution in [2.45, 2.75) is 412 Å². The van der Waals surface area contributed by atoms with Gasteiger partial charge in [0.2, 0.25) is 0 Å². The summed E-state index contributed by atoms with van der Waals surface area (Å²) in [7, 11) is 0. The molecule has 0 aliphatic carbocycles. The highest BCUT2D eigenvalue weighted by Gasteiger charge is 2.19. The molecule has 0 radical (unpaired) electrons. The van der Waals surface area contributed by atoms with Gasteiger partial charge in [-0.1, -0.05) is 372 Å². The molecule has 6 heteroatoms. The monoisotopic (exact) mass is 1140 g/mol. The molecule has 81 heavy (non-hydrogen) atoms. The summed E-state index contributed by atoms with van der Waals surface area (Å²) in [5.74, 6) is -0.865. The van der Waals surface area contributed by atoms with Crippen LogP contribution in [0.2, 0.25) is 0 Å². The lowest BCUT2D eigenvalue weighted by atomic mass is 10.0. The molecule has 0 spiro atoms. The molecule has 0 aliphatic rings. The van der Waals surface area contributed by atoms with Crippen LogP contribution in [0.25, 0.3) is 0 Å². The first kappa shape index (κ1) is 78.6. The van der Waals surface area contributed by atoms with Crippen molar-refractivity contribution in [3.8, 4) is 0 Å². The largest absolute Gasteiger partial charge is 0.462 e. The quantitative estimate of drug-likeness (QED) is 0.0261. The Morgan fingerprint density at radius 1 is 0.259 bits per heavy atom. The lowest BCUT2D eigenvalue weighted by molar-refractivity contribution is -0.167. The Morgan fingerprint density at radius 2 is 0.481 bits per heavy atom. The molecule has 1 unspecified atom stereocenters. The van der Waals surface area contributed by atoms with Gasteiger partial charge in [0.05, 0.1) is 0 Å². The zero-order valence-electron chi connectivity index (χ0n) is 54.8. The van der Waals surface area contributed by atoms with Crippen molar-refractivity contribution < 1.29 is 28.6 Å². The molecule has 6 nitrogen and oxygen atoms in total. The van der Waals surface area contributed by atoms with Crippen LogP contribution >= 0.6 is 0 Å². The zero-order chi connectivity index (χ0) is 58.5. The van der Waals surface area contributed by atoms with E-state index in [9.17, 15) is 14.4 Å². The summed E-state index contributed by atoms with van der Waals surface area (Å²) >= 11 is 0. The van der Waals surface area contributed by atoms with Gasteiger partial charge in [-0.25, -0.2) is 0 Å². The average Bonchev–Trinajstić information content (AvgIpc) is 3.46. The second kappa shape index (κ2) is 70.1. The maximum Gasteiger partial charge on any atom is 0.306 e. The summed E-state index contributed by atoms with van der Waals surface area (Å²) in [5, 5.41) is 0. The van der Waals surface area contributed by atoms with Crippen LogP contribution in [0.5, 0.6) is 0 Å². The number of carbonyl (C=O) groups excluding carboxylic acids is 3. The number of carbonyl (C=O) groups is 3. The fourth-order valence-electron chi connectivity index (χ4n) is 11.2. The molecule has 0 aromatic heterocycles. The molecule has 0 bridgehead atoms. The van der Waals surface area contributed by atoms with Gasteiger partial charge in [-0.2, -0.15) is 0 Å². The van der Waals surface area contributed by atoms with Gasteiger partial charge in [-0.05, 0) is 51.4 Å². The third-order valence-corrected chi connectivity index (χ3v) is 16.7. The first-order valence-corrected chi connectivity index (χ1v) is 36.5. The Labute approximate surface area is 506 Å². The van der Waals surface area contributed by atoms with Crippen molar-refractivity contribution in [2.75, 3.05) is 13.2 Å². The normalized spacial score (nSPS) is 12.2. The lowest BCUT2D eigenvalue weighted by Crippen LogP contribution is -2.30. The number of rotatable bonds is 68. The Balaban J connectivity index is 4.03. The lowest BCUT2D eigenvalue weighted by Gasteiger charge is -2.18. The molecule has 0 rings (SSSR count). The highest BCUT2D eigenvalue weighted by Crippen LogP contribution is 2.19. The third-order valence-electron chi connectivity index (χ3n) is 16.7. The van der Waals surface area contributed by atoms with Crippen LogP contribution in [0.1, 0.15) is 406 Å². The molecule has 0 N–H and O–H groups in total. The van der Waals surface area contributed by atoms with Gasteiger partial charge < -0.3 is 14.2 Å². The smallest absolute Gasteiger partial charge is 0.306 e. The summed E-state index contributed by atoms with van der Waals surface area (Å²) < 4.78 is 16.9. The van der Waals surface area contributed by atoms with Crippen molar-refractivity contribution in [3.63, 3.8) is 0 Å². The molecule has 0 fully saturated rings. The molecule has 0 aliphatic heterocycles. The van der Waals surface area contributed by atoms with E-state index in [0.29, 0.717) is 19.3 Å². The van der Waals surface area contributed by atoms with Gasteiger partial charge in [0.1, 0.15) is 13.2 Å². The van der Waals surface area contributed by atoms with Crippen LogP contribution in [0, 0.1) is 0 Å². The van der Waals surface area contributed by atoms with E-state index in [0.717, 1.165) is 96.3 Å². The molecule has 0 aromatic rings. The number of ether oxygens (including phenoxy) is 3. The molecule has 0 amide bonds. The first-order chi connectivity index (χ1) is 40.0. The minimum Gasteiger partial charge on any atom is -0.462 e. The van der Waals surface area contributed by atoms with E-state index in [1.54, 1.807) is 0 Å². The minimum absolute atomic E-state index is 0.0739. The predicted octanol–water partition coefficient (Wildman–Crippen LogP) is 25.1. The van der Waals surface area contributed by atoms with Crippen LogP contribution in [-0.4, -0.2) is 37.2 Å². The Bertz CT molecular complexity index is 1350. The van der Waals surface area contributed by atoms with E-state index in [2.05, 4.69) is 57.2 Å². The molecule has 476 valence electrons. The van der Waals surface area contributed by atoms with Crippen molar-refractivity contribution in [1.82, 2.24) is 0 Å². The summed E-state index contributed by atoms with van der Waals surface area (Å²) in [6, 6.07) is 0. The molecule has 0 saturated carbocycles. The highest BCUT2D eigenvalue weighted by molar-refractivity contribution is 5.71. The SMILES string of the molecule is CC/C=C\C/C=C\C/C=C\CCCCCCCC(=O)OC(COC(=O)CCCCCCCCCCCCCCC)COC(=O)CCCCCCCCCCCCCCCCCCCCCCCCCCCCCCCCCCCCC. The highest BCUT2D eigenvalue weighted by atomic mass is 16.6. The van der Waals surface area contributed by atoms with Crippen LogP contribution in [0.15, 0.2) is 36.5 Å². The third kappa shape index (κ3) is 68.3.